The number of halogens is 1. The van der Waals surface area contributed by atoms with Gasteiger partial charge in [-0.15, -0.1) is 0 Å². The lowest BCUT2D eigenvalue weighted by Gasteiger charge is -2.29. The molecule has 2 rings (SSSR count). The second-order valence-electron chi connectivity index (χ2n) is 5.10. The Balaban J connectivity index is 2.30. The molecule has 96 valence electrons. The van der Waals surface area contributed by atoms with Crippen LogP contribution < -0.4 is 5.32 Å². The molecular weight excluding hydrogens is 298 g/mol. The van der Waals surface area contributed by atoms with Crippen LogP contribution in [0.4, 0.5) is 5.69 Å². The Hall–Kier alpha value is -1.43. The second-order valence-corrected chi connectivity index (χ2v) is 5.96. The van der Waals surface area contributed by atoms with E-state index < -0.39 is 4.92 Å². The largest absolute Gasteiger partial charge is 0.369 e. The van der Waals surface area contributed by atoms with Gasteiger partial charge in [0.25, 0.3) is 5.69 Å². The third-order valence-electron chi connectivity index (χ3n) is 2.82. The molecule has 0 amide bonds. The molecule has 6 heteroatoms. The molecule has 0 unspecified atom stereocenters. The first-order chi connectivity index (χ1) is 8.39. The SMILES string of the molecule is CC1(C)CN=C(c2ccc([N+](=O)[O-])cc2Br)NC1. The Morgan fingerprint density at radius 2 is 2.22 bits per heavy atom. The number of benzene rings is 1. The highest BCUT2D eigenvalue weighted by molar-refractivity contribution is 9.10. The highest BCUT2D eigenvalue weighted by atomic mass is 79.9. The Bertz CT molecular complexity index is 526. The van der Waals surface area contributed by atoms with E-state index in [1.54, 1.807) is 6.07 Å². The van der Waals surface area contributed by atoms with E-state index in [9.17, 15) is 10.1 Å². The maximum Gasteiger partial charge on any atom is 0.270 e. The molecule has 0 atom stereocenters. The zero-order valence-electron chi connectivity index (χ0n) is 10.2. The maximum absolute atomic E-state index is 10.7. The van der Waals surface area contributed by atoms with Crippen LogP contribution >= 0.6 is 15.9 Å². The maximum atomic E-state index is 10.7. The molecule has 1 N–H and O–H groups in total. The average molecular weight is 312 g/mol. The van der Waals surface area contributed by atoms with Crippen LogP contribution in [0.3, 0.4) is 0 Å². The topological polar surface area (TPSA) is 67.5 Å². The van der Waals surface area contributed by atoms with Gasteiger partial charge in [-0.1, -0.05) is 13.8 Å². The van der Waals surface area contributed by atoms with Gasteiger partial charge in [0.2, 0.25) is 0 Å². The van der Waals surface area contributed by atoms with Gasteiger partial charge in [0.1, 0.15) is 5.84 Å². The number of nitrogens with one attached hydrogen (secondary N) is 1. The molecule has 0 aliphatic carbocycles. The van der Waals surface area contributed by atoms with Crippen LogP contribution in [-0.2, 0) is 0 Å². The van der Waals surface area contributed by atoms with Crippen LogP contribution in [0.15, 0.2) is 27.7 Å². The molecule has 1 aliphatic rings. The van der Waals surface area contributed by atoms with E-state index in [1.165, 1.54) is 12.1 Å². The first-order valence-electron chi connectivity index (χ1n) is 5.62. The van der Waals surface area contributed by atoms with Crippen LogP contribution in [-0.4, -0.2) is 23.8 Å². The number of aliphatic imine (C=N–C) groups is 1. The third kappa shape index (κ3) is 2.69. The molecule has 0 fully saturated rings. The first kappa shape index (κ1) is 13.0. The van der Waals surface area contributed by atoms with Crippen LogP contribution in [0.25, 0.3) is 0 Å². The molecular formula is C12H14BrN3O2. The van der Waals surface area contributed by atoms with Crippen molar-refractivity contribution in [2.24, 2.45) is 10.4 Å². The fourth-order valence-corrected chi connectivity index (χ4v) is 2.27. The van der Waals surface area contributed by atoms with Crippen LogP contribution in [0.5, 0.6) is 0 Å². The Morgan fingerprint density at radius 3 is 2.72 bits per heavy atom. The van der Waals surface area contributed by atoms with Crippen molar-refractivity contribution < 1.29 is 4.92 Å². The lowest BCUT2D eigenvalue weighted by Crippen LogP contribution is -2.41. The average Bonchev–Trinajstić information content (AvgIpc) is 2.29. The first-order valence-corrected chi connectivity index (χ1v) is 6.41. The standard InChI is InChI=1S/C12H14BrN3O2/c1-12(2)6-14-11(15-7-12)9-4-3-8(16(17)18)5-10(9)13/h3-5H,6-7H2,1-2H3,(H,14,15). The van der Waals surface area contributed by atoms with Gasteiger partial charge < -0.3 is 5.32 Å². The lowest BCUT2D eigenvalue weighted by molar-refractivity contribution is -0.384. The minimum Gasteiger partial charge on any atom is -0.369 e. The number of nitro benzene ring substituents is 1. The summed E-state index contributed by atoms with van der Waals surface area (Å²) >= 11 is 3.35. The molecule has 0 bridgehead atoms. The third-order valence-corrected chi connectivity index (χ3v) is 3.47. The van der Waals surface area contributed by atoms with Gasteiger partial charge >= 0.3 is 0 Å². The zero-order valence-corrected chi connectivity index (χ0v) is 11.8. The molecule has 0 saturated heterocycles. The summed E-state index contributed by atoms with van der Waals surface area (Å²) in [6.07, 6.45) is 0. The predicted molar refractivity (Wildman–Crippen MR) is 74.0 cm³/mol. The van der Waals surface area contributed by atoms with E-state index in [0.29, 0.717) is 4.47 Å². The van der Waals surface area contributed by atoms with Gasteiger partial charge in [0, 0.05) is 40.7 Å². The van der Waals surface area contributed by atoms with Gasteiger partial charge in [-0.3, -0.25) is 15.1 Å². The molecule has 1 aliphatic heterocycles. The monoisotopic (exact) mass is 311 g/mol. The molecule has 1 aromatic carbocycles. The molecule has 5 nitrogen and oxygen atoms in total. The van der Waals surface area contributed by atoms with E-state index in [0.717, 1.165) is 24.5 Å². The van der Waals surface area contributed by atoms with Gasteiger partial charge in [0.15, 0.2) is 0 Å². The summed E-state index contributed by atoms with van der Waals surface area (Å²) in [6, 6.07) is 4.70. The van der Waals surface area contributed by atoms with Crippen LogP contribution in [0.2, 0.25) is 0 Å². The summed E-state index contributed by atoms with van der Waals surface area (Å²) in [7, 11) is 0. The summed E-state index contributed by atoms with van der Waals surface area (Å²) in [5, 5.41) is 13.9. The molecule has 1 aromatic rings. The molecule has 0 aromatic heterocycles. The van der Waals surface area contributed by atoms with E-state index in [4.69, 9.17) is 0 Å². The van der Waals surface area contributed by atoms with Crippen molar-refractivity contribution in [3.63, 3.8) is 0 Å². The minimum absolute atomic E-state index is 0.0716. The number of hydrogen-bond donors (Lipinski definition) is 1. The van der Waals surface area contributed by atoms with Crippen molar-refractivity contribution in [1.29, 1.82) is 0 Å². The van der Waals surface area contributed by atoms with Gasteiger partial charge in [-0.2, -0.15) is 0 Å². The van der Waals surface area contributed by atoms with Crippen molar-refractivity contribution in [2.45, 2.75) is 13.8 Å². The summed E-state index contributed by atoms with van der Waals surface area (Å²) < 4.78 is 0.683. The normalized spacial score (nSPS) is 17.8. The second kappa shape index (κ2) is 4.68. The van der Waals surface area contributed by atoms with Crippen molar-refractivity contribution in [3.05, 3.63) is 38.3 Å². The van der Waals surface area contributed by atoms with E-state index in [1.807, 2.05) is 0 Å². The highest BCUT2D eigenvalue weighted by Gasteiger charge is 2.24. The fourth-order valence-electron chi connectivity index (χ4n) is 1.72. The minimum atomic E-state index is -0.409. The van der Waals surface area contributed by atoms with Gasteiger partial charge in [0.05, 0.1) is 4.92 Å². The van der Waals surface area contributed by atoms with Crippen LogP contribution in [0.1, 0.15) is 19.4 Å². The van der Waals surface area contributed by atoms with E-state index >= 15 is 0 Å². The smallest absolute Gasteiger partial charge is 0.270 e. The van der Waals surface area contributed by atoms with Crippen LogP contribution in [0, 0.1) is 15.5 Å². The quantitative estimate of drug-likeness (QED) is 0.674. The number of rotatable bonds is 2. The zero-order chi connectivity index (χ0) is 13.3. The summed E-state index contributed by atoms with van der Waals surface area (Å²) in [6.45, 7) is 5.88. The van der Waals surface area contributed by atoms with Crippen molar-refractivity contribution in [1.82, 2.24) is 5.32 Å². The summed E-state index contributed by atoms with van der Waals surface area (Å²) in [5.41, 5.74) is 1.08. The number of nitrogens with zero attached hydrogens (tertiary/aromatic N) is 2. The molecule has 0 saturated carbocycles. The Morgan fingerprint density at radius 1 is 1.50 bits per heavy atom. The summed E-state index contributed by atoms with van der Waals surface area (Å²) in [4.78, 5) is 14.7. The molecule has 1 heterocycles. The summed E-state index contributed by atoms with van der Waals surface area (Å²) in [5.74, 6) is 0.788. The van der Waals surface area contributed by atoms with Gasteiger partial charge in [-0.05, 0) is 22.0 Å². The van der Waals surface area contributed by atoms with Crippen molar-refractivity contribution >= 4 is 27.5 Å². The fraction of sp³-hybridized carbons (Fsp3) is 0.417. The van der Waals surface area contributed by atoms with Gasteiger partial charge in [-0.25, -0.2) is 0 Å². The van der Waals surface area contributed by atoms with E-state index in [2.05, 4.69) is 40.1 Å². The molecule has 18 heavy (non-hydrogen) atoms. The molecule has 0 radical (unpaired) electrons. The van der Waals surface area contributed by atoms with Crippen molar-refractivity contribution in [2.75, 3.05) is 13.1 Å². The highest BCUT2D eigenvalue weighted by Crippen LogP contribution is 2.25. The number of nitro groups is 1. The molecule has 0 spiro atoms. The number of non-ortho nitro benzene ring substituents is 1. The Labute approximate surface area is 114 Å². The Kier molecular flexibility index (Phi) is 3.38. The number of amidine groups is 1. The predicted octanol–water partition coefficient (Wildman–Crippen LogP) is 2.73. The van der Waals surface area contributed by atoms with E-state index in [-0.39, 0.29) is 11.1 Å². The number of hydrogen-bond acceptors (Lipinski definition) is 4. The lowest BCUT2D eigenvalue weighted by atomic mass is 9.92. The van der Waals surface area contributed by atoms with Crippen molar-refractivity contribution in [3.8, 4) is 0 Å².